The van der Waals surface area contributed by atoms with Crippen molar-refractivity contribution in [1.82, 2.24) is 9.97 Å². The summed E-state index contributed by atoms with van der Waals surface area (Å²) in [6.07, 6.45) is 5.85. The molecular weight excluding hydrogens is 540 g/mol. The highest BCUT2D eigenvalue weighted by Crippen LogP contribution is 2.48. The second kappa shape index (κ2) is 9.85. The Labute approximate surface area is 224 Å². The van der Waals surface area contributed by atoms with Crippen LogP contribution < -0.4 is 27.0 Å². The van der Waals surface area contributed by atoms with Crippen LogP contribution in [-0.2, 0) is 19.9 Å². The van der Waals surface area contributed by atoms with Crippen molar-refractivity contribution in [1.29, 1.82) is 0 Å². The van der Waals surface area contributed by atoms with Gasteiger partial charge in [-0.1, -0.05) is 36.4 Å². The van der Waals surface area contributed by atoms with Crippen molar-refractivity contribution in [2.75, 3.05) is 31.5 Å². The van der Waals surface area contributed by atoms with Crippen LogP contribution in [0.1, 0.15) is 24.0 Å². The summed E-state index contributed by atoms with van der Waals surface area (Å²) in [6, 6.07) is 14.0. The zero-order valence-electron chi connectivity index (χ0n) is 20.0. The molecule has 0 radical (unpaired) electrons. The van der Waals surface area contributed by atoms with Crippen molar-refractivity contribution >= 4 is 17.6 Å². The molecule has 2 bridgehead atoms. The minimum absolute atomic E-state index is 0. The van der Waals surface area contributed by atoms with Crippen LogP contribution in [0.15, 0.2) is 67.3 Å². The number of quaternary nitrogens is 1. The first kappa shape index (κ1) is 25.3. The molecule has 9 nitrogen and oxygen atoms in total. The highest BCUT2D eigenvalue weighted by atomic mass is 79.9. The Bertz CT molecular complexity index is 1270. The van der Waals surface area contributed by atoms with Crippen LogP contribution >= 0.6 is 0 Å². The van der Waals surface area contributed by atoms with Crippen LogP contribution in [0.2, 0.25) is 0 Å². The standard InChI is InChI=1S/C27H26N4O5.BrH/c32-25(30-19-13-28-17-29-14-19)16-31-11-9-18(10-12-31)24(15-31)36-26(33)27(34)20-5-1-3-7-22(20)35-23-8-4-2-6-21(23)27;/h1-8,13-14,17-18,24,34H,9-12,15-16H2;1H/t18?,24-,31?;/m0./s1. The van der Waals surface area contributed by atoms with E-state index in [1.54, 1.807) is 60.9 Å². The fraction of sp³-hybridized carbons (Fsp3) is 0.333. The van der Waals surface area contributed by atoms with Crippen molar-refractivity contribution < 1.29 is 45.6 Å². The van der Waals surface area contributed by atoms with Crippen LogP contribution in [0.3, 0.4) is 0 Å². The molecule has 10 heteroatoms. The van der Waals surface area contributed by atoms with E-state index in [-0.39, 0.29) is 41.5 Å². The molecule has 1 aromatic heterocycles. The summed E-state index contributed by atoms with van der Waals surface area (Å²) in [7, 11) is 0. The maximum Gasteiger partial charge on any atom is 0.348 e. The SMILES string of the molecule is O=C(C[N+]12CCC(CC1)[C@@H](OC(=O)C1(O)c3ccccc3Oc3ccccc31)C2)Nc1cncnc1.[Br-]. The third-order valence-electron chi connectivity index (χ3n) is 7.69. The number of nitrogens with zero attached hydrogens (tertiary/aromatic N) is 3. The summed E-state index contributed by atoms with van der Waals surface area (Å²) in [6.45, 7) is 2.51. The predicted molar refractivity (Wildman–Crippen MR) is 129 cm³/mol. The van der Waals surface area contributed by atoms with E-state index in [9.17, 15) is 14.7 Å². The number of carbonyl (C=O) groups is 2. The van der Waals surface area contributed by atoms with Crippen molar-refractivity contribution in [2.24, 2.45) is 5.92 Å². The molecule has 0 spiro atoms. The molecule has 0 aliphatic carbocycles. The molecule has 1 amide bonds. The van der Waals surface area contributed by atoms with E-state index in [1.807, 2.05) is 0 Å². The molecular formula is C27H27BrN4O5. The van der Waals surface area contributed by atoms with Crippen LogP contribution in [0.5, 0.6) is 11.5 Å². The molecule has 2 N–H and O–H groups in total. The minimum Gasteiger partial charge on any atom is -1.00 e. The lowest BCUT2D eigenvalue weighted by Gasteiger charge is -2.51. The molecule has 3 fully saturated rings. The lowest BCUT2D eigenvalue weighted by Crippen LogP contribution is -3.00. The van der Waals surface area contributed by atoms with Gasteiger partial charge in [-0.15, -0.1) is 0 Å². The molecule has 2 aromatic carbocycles. The topological polar surface area (TPSA) is 111 Å². The summed E-state index contributed by atoms with van der Waals surface area (Å²) in [5, 5.41) is 14.7. The van der Waals surface area contributed by atoms with E-state index in [4.69, 9.17) is 9.47 Å². The maximum absolute atomic E-state index is 13.7. The van der Waals surface area contributed by atoms with Gasteiger partial charge in [0.05, 0.1) is 31.2 Å². The molecule has 1 atom stereocenters. The van der Waals surface area contributed by atoms with E-state index in [0.29, 0.717) is 39.3 Å². The summed E-state index contributed by atoms with van der Waals surface area (Å²) in [5.74, 6) is 0.215. The smallest absolute Gasteiger partial charge is 0.348 e. The van der Waals surface area contributed by atoms with Crippen LogP contribution in [-0.4, -0.2) is 63.7 Å². The van der Waals surface area contributed by atoms with E-state index < -0.39 is 11.6 Å². The molecule has 5 heterocycles. The monoisotopic (exact) mass is 566 g/mol. The Morgan fingerprint density at radius 3 is 2.24 bits per heavy atom. The molecule has 37 heavy (non-hydrogen) atoms. The normalized spacial score (nSPS) is 24.5. The van der Waals surface area contributed by atoms with E-state index in [0.717, 1.165) is 25.9 Å². The number of carbonyl (C=O) groups excluding carboxylic acids is 2. The molecule has 0 unspecified atom stereocenters. The second-order valence-corrected chi connectivity index (χ2v) is 9.89. The average molecular weight is 567 g/mol. The molecule has 3 saturated heterocycles. The number of hydrogen-bond donors (Lipinski definition) is 2. The molecule has 4 aliphatic heterocycles. The highest BCUT2D eigenvalue weighted by Gasteiger charge is 2.53. The summed E-state index contributed by atoms with van der Waals surface area (Å²) >= 11 is 0. The molecule has 192 valence electrons. The first-order chi connectivity index (χ1) is 17.5. The number of fused-ring (bicyclic) bond motifs is 5. The number of aromatic nitrogens is 2. The maximum atomic E-state index is 13.7. The van der Waals surface area contributed by atoms with Crippen LogP contribution in [0.4, 0.5) is 5.69 Å². The molecule has 4 aliphatic rings. The van der Waals surface area contributed by atoms with Gasteiger partial charge in [0.2, 0.25) is 5.60 Å². The van der Waals surface area contributed by atoms with Crippen molar-refractivity contribution in [2.45, 2.75) is 24.5 Å². The van der Waals surface area contributed by atoms with Gasteiger partial charge in [0.15, 0.2) is 12.6 Å². The summed E-state index contributed by atoms with van der Waals surface area (Å²) < 4.78 is 12.6. The summed E-state index contributed by atoms with van der Waals surface area (Å²) in [4.78, 5) is 34.4. The number of para-hydroxylation sites is 2. The Kier molecular flexibility index (Phi) is 6.74. The zero-order valence-corrected chi connectivity index (χ0v) is 21.6. The zero-order chi connectivity index (χ0) is 24.8. The Balaban J connectivity index is 0.00000280. The first-order valence-electron chi connectivity index (χ1n) is 12.2. The third kappa shape index (κ3) is 4.49. The number of halogens is 1. The minimum atomic E-state index is -1.98. The van der Waals surface area contributed by atoms with E-state index in [2.05, 4.69) is 15.3 Å². The van der Waals surface area contributed by atoms with Gasteiger partial charge in [-0.3, -0.25) is 4.79 Å². The predicted octanol–water partition coefficient (Wildman–Crippen LogP) is -0.387. The van der Waals surface area contributed by atoms with Gasteiger partial charge < -0.3 is 41.4 Å². The third-order valence-corrected chi connectivity index (χ3v) is 7.69. The van der Waals surface area contributed by atoms with Gasteiger partial charge in [-0.2, -0.15) is 0 Å². The van der Waals surface area contributed by atoms with Crippen molar-refractivity contribution in [3.05, 3.63) is 78.4 Å². The van der Waals surface area contributed by atoms with Crippen molar-refractivity contribution in [3.63, 3.8) is 0 Å². The number of benzene rings is 2. The fourth-order valence-corrected chi connectivity index (χ4v) is 5.86. The van der Waals surface area contributed by atoms with Gasteiger partial charge in [-0.25, -0.2) is 14.8 Å². The van der Waals surface area contributed by atoms with Gasteiger partial charge in [0.25, 0.3) is 5.91 Å². The fourth-order valence-electron chi connectivity index (χ4n) is 5.86. The number of rotatable bonds is 5. The Morgan fingerprint density at radius 1 is 1.03 bits per heavy atom. The number of hydrogen-bond acceptors (Lipinski definition) is 7. The van der Waals surface area contributed by atoms with Gasteiger partial charge in [0.1, 0.15) is 24.4 Å². The number of ether oxygens (including phenoxy) is 2. The lowest BCUT2D eigenvalue weighted by atomic mass is 9.81. The summed E-state index contributed by atoms with van der Waals surface area (Å²) in [5.41, 5.74) is -0.700. The molecule has 0 saturated carbocycles. The molecule has 3 aromatic rings. The number of anilines is 1. The van der Waals surface area contributed by atoms with Crippen LogP contribution in [0, 0.1) is 5.92 Å². The quantitative estimate of drug-likeness (QED) is 0.320. The molecule has 7 rings (SSSR count). The first-order valence-corrected chi connectivity index (χ1v) is 12.2. The average Bonchev–Trinajstić information content (AvgIpc) is 2.90. The number of esters is 1. The van der Waals surface area contributed by atoms with Gasteiger partial charge in [-0.05, 0) is 12.1 Å². The van der Waals surface area contributed by atoms with Crippen LogP contribution in [0.25, 0.3) is 0 Å². The van der Waals surface area contributed by atoms with Gasteiger partial charge in [0, 0.05) is 29.9 Å². The largest absolute Gasteiger partial charge is 1.00 e. The Morgan fingerprint density at radius 2 is 1.62 bits per heavy atom. The lowest BCUT2D eigenvalue weighted by molar-refractivity contribution is -0.939. The van der Waals surface area contributed by atoms with Crippen molar-refractivity contribution in [3.8, 4) is 11.5 Å². The van der Waals surface area contributed by atoms with E-state index in [1.165, 1.54) is 6.33 Å². The highest BCUT2D eigenvalue weighted by molar-refractivity contribution is 5.91. The number of piperidine rings is 3. The number of nitrogens with one attached hydrogen (secondary N) is 1. The number of amides is 1. The van der Waals surface area contributed by atoms with E-state index >= 15 is 0 Å². The van der Waals surface area contributed by atoms with Gasteiger partial charge >= 0.3 is 5.97 Å². The number of aliphatic hydroxyl groups is 1. The second-order valence-electron chi connectivity index (χ2n) is 9.89. The Hall–Kier alpha value is -3.34.